The molecule has 0 fully saturated rings. The van der Waals surface area contributed by atoms with E-state index in [1.807, 2.05) is 65.9 Å². The minimum Gasteiger partial charge on any atom is -0.493 e. The molecule has 60 heavy (non-hydrogen) atoms. The molecular formula is C47H43N7O6. The van der Waals surface area contributed by atoms with E-state index in [1.165, 1.54) is 37.5 Å². The number of benzene rings is 5. The summed E-state index contributed by atoms with van der Waals surface area (Å²) in [5, 5.41) is 11.5. The van der Waals surface area contributed by atoms with Gasteiger partial charge >= 0.3 is 0 Å². The van der Waals surface area contributed by atoms with Gasteiger partial charge < -0.3 is 29.1 Å². The summed E-state index contributed by atoms with van der Waals surface area (Å²) in [5.41, 5.74) is 6.90. The zero-order chi connectivity index (χ0) is 41.8. The third-order valence-electron chi connectivity index (χ3n) is 10.5. The highest BCUT2D eigenvalue weighted by molar-refractivity contribution is 6.13. The van der Waals surface area contributed by atoms with Crippen molar-refractivity contribution in [2.45, 2.75) is 26.4 Å². The van der Waals surface area contributed by atoms with E-state index in [4.69, 9.17) is 13.9 Å². The molecule has 0 aliphatic rings. The molecule has 302 valence electrons. The number of ether oxygens (including phenoxy) is 2. The summed E-state index contributed by atoms with van der Waals surface area (Å²) in [6.45, 7) is 4.09. The number of imidazole rings is 1. The second kappa shape index (κ2) is 17.1. The summed E-state index contributed by atoms with van der Waals surface area (Å²) in [6, 6.07) is 30.8. The van der Waals surface area contributed by atoms with Crippen molar-refractivity contribution in [3.05, 3.63) is 172 Å². The highest BCUT2D eigenvalue weighted by Crippen LogP contribution is 2.34. The number of carbonyl (C=O) groups is 2. The molecule has 2 amide bonds. The van der Waals surface area contributed by atoms with Crippen LogP contribution >= 0.6 is 0 Å². The van der Waals surface area contributed by atoms with E-state index in [1.54, 1.807) is 24.7 Å². The molecule has 0 saturated heterocycles. The molecular weight excluding hydrogens is 759 g/mol. The lowest BCUT2D eigenvalue weighted by molar-refractivity contribution is 0.102. The monoisotopic (exact) mass is 801 g/mol. The summed E-state index contributed by atoms with van der Waals surface area (Å²) in [4.78, 5) is 47.4. The van der Waals surface area contributed by atoms with E-state index in [9.17, 15) is 14.4 Å². The molecule has 0 spiro atoms. The van der Waals surface area contributed by atoms with E-state index in [-0.39, 0.29) is 33.7 Å². The van der Waals surface area contributed by atoms with Crippen LogP contribution in [0.5, 0.6) is 11.5 Å². The summed E-state index contributed by atoms with van der Waals surface area (Å²) in [7, 11) is 4.85. The van der Waals surface area contributed by atoms with Crippen LogP contribution in [0.3, 0.4) is 0 Å². The number of fused-ring (bicyclic) bond motifs is 2. The number of aryl methyl sites for hydroxylation is 2. The minimum absolute atomic E-state index is 0.100. The van der Waals surface area contributed by atoms with Gasteiger partial charge in [-0.05, 0) is 84.6 Å². The van der Waals surface area contributed by atoms with Gasteiger partial charge in [-0.1, -0.05) is 42.0 Å². The van der Waals surface area contributed by atoms with Gasteiger partial charge in [0.15, 0.2) is 11.5 Å². The maximum atomic E-state index is 13.9. The molecule has 5 aromatic carbocycles. The largest absolute Gasteiger partial charge is 0.493 e. The van der Waals surface area contributed by atoms with Crippen LogP contribution in [0.2, 0.25) is 0 Å². The summed E-state index contributed by atoms with van der Waals surface area (Å²) in [6.07, 6.45) is 9.29. The third kappa shape index (κ3) is 8.52. The topological polar surface area (TPSA) is 146 Å². The van der Waals surface area contributed by atoms with Crippen LogP contribution in [-0.4, -0.2) is 56.8 Å². The van der Waals surface area contributed by atoms with Crippen molar-refractivity contribution in [3.63, 3.8) is 0 Å². The van der Waals surface area contributed by atoms with Gasteiger partial charge in [-0.3, -0.25) is 24.0 Å². The fourth-order valence-electron chi connectivity index (χ4n) is 7.27. The lowest BCUT2D eigenvalue weighted by atomic mass is 10.1. The van der Waals surface area contributed by atoms with Gasteiger partial charge in [0.1, 0.15) is 17.4 Å². The third-order valence-corrected chi connectivity index (χ3v) is 10.5. The first-order valence-electron chi connectivity index (χ1n) is 19.4. The summed E-state index contributed by atoms with van der Waals surface area (Å²) < 4.78 is 20.4. The second-order valence-corrected chi connectivity index (χ2v) is 14.6. The number of aromatic nitrogens is 4. The van der Waals surface area contributed by atoms with Crippen LogP contribution in [0.25, 0.3) is 27.6 Å². The molecule has 2 N–H and O–H groups in total. The fourth-order valence-corrected chi connectivity index (χ4v) is 7.27. The lowest BCUT2D eigenvalue weighted by Gasteiger charge is -2.23. The van der Waals surface area contributed by atoms with E-state index in [0.717, 1.165) is 60.0 Å². The number of hydrogen-bond donors (Lipinski definition) is 2. The number of methoxy groups -OCH3 is 2. The molecule has 3 heterocycles. The Morgan fingerprint density at radius 1 is 0.817 bits per heavy atom. The van der Waals surface area contributed by atoms with Crippen LogP contribution in [0.15, 0.2) is 137 Å². The molecule has 0 atom stereocenters. The number of rotatable bonds is 14. The Balaban J connectivity index is 0.986. The van der Waals surface area contributed by atoms with Crippen molar-refractivity contribution >= 4 is 45.1 Å². The second-order valence-electron chi connectivity index (χ2n) is 14.6. The Morgan fingerprint density at radius 3 is 2.33 bits per heavy atom. The lowest BCUT2D eigenvalue weighted by Crippen LogP contribution is -2.25. The van der Waals surface area contributed by atoms with E-state index < -0.39 is 17.2 Å². The zero-order valence-electron chi connectivity index (χ0n) is 33.6. The Morgan fingerprint density at radius 2 is 1.57 bits per heavy atom. The zero-order valence-corrected chi connectivity index (χ0v) is 33.6. The number of anilines is 2. The van der Waals surface area contributed by atoms with Crippen LogP contribution < -0.4 is 25.5 Å². The minimum atomic E-state index is -0.740. The van der Waals surface area contributed by atoms with Crippen LogP contribution in [0.1, 0.15) is 43.0 Å². The van der Waals surface area contributed by atoms with E-state index in [0.29, 0.717) is 11.3 Å². The molecule has 3 aromatic heterocycles. The van der Waals surface area contributed by atoms with E-state index in [2.05, 4.69) is 68.1 Å². The van der Waals surface area contributed by atoms with Crippen molar-refractivity contribution in [2.24, 2.45) is 7.05 Å². The molecule has 0 saturated carbocycles. The molecule has 0 radical (unpaired) electrons. The van der Waals surface area contributed by atoms with Crippen molar-refractivity contribution in [1.29, 1.82) is 0 Å². The maximum Gasteiger partial charge on any atom is 0.262 e. The number of nitrogens with zero attached hydrogens (tertiary/aromatic N) is 5. The Hall–Kier alpha value is -7.51. The Labute approximate surface area is 345 Å². The molecule has 0 unspecified atom stereocenters. The number of hydrogen-bond acceptors (Lipinski definition) is 9. The average molecular weight is 802 g/mol. The van der Waals surface area contributed by atoms with Crippen molar-refractivity contribution < 1.29 is 23.5 Å². The SMILES string of the molecule is COc1cc(NC(=O)c2coc3ccc(C)cc3c2=O)c(C(=O)Nc2ccc(CCN(Cc3cccc(-n4ccnc4)c3)Cc3ccc4c(cnn4C)c3)cc2)cc1OC. The van der Waals surface area contributed by atoms with Gasteiger partial charge in [0.2, 0.25) is 5.43 Å². The van der Waals surface area contributed by atoms with Gasteiger partial charge in [0.25, 0.3) is 11.8 Å². The molecule has 8 aromatic rings. The fraction of sp³-hybridized carbons (Fsp3) is 0.170. The number of amides is 2. The highest BCUT2D eigenvalue weighted by atomic mass is 16.5. The van der Waals surface area contributed by atoms with Crippen LogP contribution in [0.4, 0.5) is 11.4 Å². The number of nitrogens with one attached hydrogen (secondary N) is 2. The van der Waals surface area contributed by atoms with Crippen LogP contribution in [-0.2, 0) is 26.6 Å². The molecule has 13 nitrogen and oxygen atoms in total. The van der Waals surface area contributed by atoms with Gasteiger partial charge in [0, 0.05) is 61.9 Å². The van der Waals surface area contributed by atoms with Gasteiger partial charge in [-0.2, -0.15) is 5.10 Å². The van der Waals surface area contributed by atoms with E-state index >= 15 is 0 Å². The maximum absolute atomic E-state index is 13.9. The van der Waals surface area contributed by atoms with Gasteiger partial charge in [-0.25, -0.2) is 4.98 Å². The quantitative estimate of drug-likeness (QED) is 0.112. The molecule has 0 bridgehead atoms. The van der Waals surface area contributed by atoms with Crippen molar-refractivity contribution in [2.75, 3.05) is 31.4 Å². The van der Waals surface area contributed by atoms with Crippen LogP contribution in [0, 0.1) is 6.92 Å². The average Bonchev–Trinajstić information content (AvgIpc) is 3.94. The molecule has 0 aliphatic carbocycles. The Kier molecular flexibility index (Phi) is 11.2. The molecule has 8 rings (SSSR count). The predicted molar refractivity (Wildman–Crippen MR) is 231 cm³/mol. The molecule has 13 heteroatoms. The summed E-state index contributed by atoms with van der Waals surface area (Å²) in [5.74, 6) is -0.673. The standard InChI is InChI=1S/C47H43N7O6/c1-30-8-15-42-38(20-30)45(55)39(28-60-42)47(57)51-40-24-44(59-4)43(58-3)23-37(40)46(56)50-35-12-9-31(10-13-35)16-18-53(27-33-11-14-41-34(21-33)25-49-52(41)2)26-32-6-5-7-36(22-32)54-19-17-48-29-54/h5-15,17,19-25,28-29H,16,18,26-27H2,1-4H3,(H,50,56)(H,51,57). The smallest absolute Gasteiger partial charge is 0.262 e. The first kappa shape index (κ1) is 39.3. The van der Waals surface area contributed by atoms with Crippen molar-refractivity contribution in [1.82, 2.24) is 24.2 Å². The number of carbonyl (C=O) groups excluding carboxylic acids is 2. The van der Waals surface area contributed by atoms with Gasteiger partial charge in [0.05, 0.1) is 48.9 Å². The first-order chi connectivity index (χ1) is 29.1. The Bertz CT molecular complexity index is 2900. The highest BCUT2D eigenvalue weighted by Gasteiger charge is 2.22. The normalized spacial score (nSPS) is 11.3. The summed E-state index contributed by atoms with van der Waals surface area (Å²) >= 11 is 0. The van der Waals surface area contributed by atoms with Gasteiger partial charge in [-0.15, -0.1) is 0 Å². The van der Waals surface area contributed by atoms with Crippen molar-refractivity contribution in [3.8, 4) is 17.2 Å². The first-order valence-corrected chi connectivity index (χ1v) is 19.4. The molecule has 0 aliphatic heterocycles. The predicted octanol–water partition coefficient (Wildman–Crippen LogP) is 7.94.